The van der Waals surface area contributed by atoms with Gasteiger partial charge in [-0.25, -0.2) is 0 Å². The fourth-order valence-corrected chi connectivity index (χ4v) is 5.17. The van der Waals surface area contributed by atoms with Gasteiger partial charge in [-0.15, -0.1) is 7.92 Å². The lowest BCUT2D eigenvalue weighted by molar-refractivity contribution is 1.40. The molecule has 0 atom stereocenters. The van der Waals surface area contributed by atoms with Crippen LogP contribution in [-0.4, -0.2) is 26.9 Å². The minimum Gasteiger partial charge on any atom is -0.168 e. The summed E-state index contributed by atoms with van der Waals surface area (Å²) in [6.07, 6.45) is 1.36. The molecule has 0 saturated carbocycles. The molecule has 0 rings (SSSR count). The van der Waals surface area contributed by atoms with Crippen LogP contribution < -0.4 is 0 Å². The monoisotopic (exact) mass is 182 g/mol. The van der Waals surface area contributed by atoms with Gasteiger partial charge >= 0.3 is 0 Å². The van der Waals surface area contributed by atoms with E-state index in [1.807, 2.05) is 0 Å². The van der Waals surface area contributed by atoms with E-state index in [-0.39, 0.29) is 7.92 Å². The first kappa shape index (κ1) is 9.94. The van der Waals surface area contributed by atoms with Crippen molar-refractivity contribution in [3.8, 4) is 0 Å². The Bertz CT molecular complexity index is 77.6. The number of halogens is 1. The third-order valence-corrected chi connectivity index (χ3v) is 4.70. The number of rotatable bonds is 3. The van der Waals surface area contributed by atoms with Crippen molar-refractivity contribution in [2.45, 2.75) is 19.1 Å². The van der Waals surface area contributed by atoms with Crippen LogP contribution in [0, 0.1) is 0 Å². The van der Waals surface area contributed by atoms with Crippen molar-refractivity contribution in [1.82, 2.24) is 0 Å². The van der Waals surface area contributed by atoms with Crippen molar-refractivity contribution in [3.05, 3.63) is 0 Å². The fourth-order valence-electron chi connectivity index (χ4n) is 0.489. The van der Waals surface area contributed by atoms with Crippen LogP contribution in [0.25, 0.3) is 0 Å². The summed E-state index contributed by atoms with van der Waals surface area (Å²) in [6, 6.07) is 1.28. The van der Waals surface area contributed by atoms with Gasteiger partial charge in [-0.05, 0) is 25.5 Å². The van der Waals surface area contributed by atoms with Gasteiger partial charge in [-0.2, -0.15) is 11.1 Å². The molecule has 0 aromatic heterocycles. The van der Waals surface area contributed by atoms with E-state index in [1.165, 1.54) is 12.2 Å². The summed E-state index contributed by atoms with van der Waals surface area (Å²) in [5.41, 5.74) is 0. The van der Waals surface area contributed by atoms with Crippen LogP contribution in [0.4, 0.5) is 0 Å². The molecule has 0 aromatic carbocycles. The predicted octanol–water partition coefficient (Wildman–Crippen LogP) is 3.17. The van der Waals surface area contributed by atoms with Crippen LogP contribution in [0.15, 0.2) is 0 Å². The zero-order chi connectivity index (χ0) is 7.49. The third kappa shape index (κ3) is 8.94. The Morgan fingerprint density at radius 3 is 1.89 bits per heavy atom. The summed E-state index contributed by atoms with van der Waals surface area (Å²) < 4.78 is 0. The zero-order valence-electron chi connectivity index (χ0n) is 6.74. The Morgan fingerprint density at radius 2 is 1.78 bits per heavy atom. The van der Waals surface area contributed by atoms with Crippen LogP contribution in [0.5, 0.6) is 0 Å². The molecule has 0 aliphatic heterocycles. The molecule has 0 spiro atoms. The van der Waals surface area contributed by atoms with E-state index in [0.717, 1.165) is 0 Å². The second-order valence-corrected chi connectivity index (χ2v) is 12.9. The maximum atomic E-state index is 6.13. The molecule has 0 amide bonds. The molecule has 3 heteroatoms. The van der Waals surface area contributed by atoms with E-state index >= 15 is 0 Å². The topological polar surface area (TPSA) is 0 Å². The van der Waals surface area contributed by atoms with Crippen LogP contribution in [0.1, 0.15) is 0 Å². The SMILES string of the molecule is CP(C)CC[Si](C)(C)Cl. The van der Waals surface area contributed by atoms with Crippen molar-refractivity contribution in [1.29, 1.82) is 0 Å². The minimum absolute atomic E-state index is 0.285. The van der Waals surface area contributed by atoms with Crippen molar-refractivity contribution < 1.29 is 0 Å². The van der Waals surface area contributed by atoms with Crippen LogP contribution in [-0.2, 0) is 0 Å². The van der Waals surface area contributed by atoms with Crippen molar-refractivity contribution in [2.75, 3.05) is 19.5 Å². The highest BCUT2D eigenvalue weighted by molar-refractivity contribution is 7.56. The molecular weight excluding hydrogens is 167 g/mol. The first-order chi connectivity index (χ1) is 3.92. The predicted molar refractivity (Wildman–Crippen MR) is 51.8 cm³/mol. The fraction of sp³-hybridized carbons (Fsp3) is 1.00. The van der Waals surface area contributed by atoms with E-state index in [0.29, 0.717) is 0 Å². The summed E-state index contributed by atoms with van der Waals surface area (Å²) in [7, 11) is -0.946. The van der Waals surface area contributed by atoms with Gasteiger partial charge in [-0.1, -0.05) is 13.1 Å². The first-order valence-electron chi connectivity index (χ1n) is 3.25. The Hall–Kier alpha value is 0.937. The highest BCUT2D eigenvalue weighted by Gasteiger charge is 2.16. The van der Waals surface area contributed by atoms with Gasteiger partial charge < -0.3 is 0 Å². The molecule has 0 heterocycles. The van der Waals surface area contributed by atoms with Crippen molar-refractivity contribution >= 4 is 26.4 Å². The Kier molecular flexibility index (Phi) is 4.36. The van der Waals surface area contributed by atoms with Gasteiger partial charge in [0.15, 0.2) is 7.38 Å². The molecule has 0 unspecified atom stereocenters. The van der Waals surface area contributed by atoms with E-state index in [4.69, 9.17) is 11.1 Å². The zero-order valence-corrected chi connectivity index (χ0v) is 9.39. The van der Waals surface area contributed by atoms with Gasteiger partial charge in [0.25, 0.3) is 0 Å². The van der Waals surface area contributed by atoms with E-state index in [9.17, 15) is 0 Å². The van der Waals surface area contributed by atoms with Gasteiger partial charge in [0.1, 0.15) is 0 Å². The largest absolute Gasteiger partial charge is 0.168 e. The molecule has 0 saturated heterocycles. The molecule has 0 bridgehead atoms. The Balaban J connectivity index is 3.28. The maximum absolute atomic E-state index is 6.13. The van der Waals surface area contributed by atoms with E-state index in [2.05, 4.69) is 26.4 Å². The molecule has 0 fully saturated rings. The van der Waals surface area contributed by atoms with Gasteiger partial charge in [0.2, 0.25) is 0 Å². The highest BCUT2D eigenvalue weighted by atomic mass is 35.6. The lowest BCUT2D eigenvalue weighted by Gasteiger charge is -2.13. The molecular formula is C6H16ClPSi. The minimum atomic E-state index is -1.23. The molecule has 0 aromatic rings. The second kappa shape index (κ2) is 3.95. The van der Waals surface area contributed by atoms with E-state index < -0.39 is 7.38 Å². The normalized spacial score (nSPS) is 12.7. The second-order valence-electron chi connectivity index (χ2n) is 3.27. The summed E-state index contributed by atoms with van der Waals surface area (Å²) in [5.74, 6) is 0. The Labute approximate surface area is 65.5 Å². The molecule has 0 aliphatic rings. The summed E-state index contributed by atoms with van der Waals surface area (Å²) >= 11 is 6.13. The molecule has 0 radical (unpaired) electrons. The van der Waals surface area contributed by atoms with Crippen LogP contribution in [0.3, 0.4) is 0 Å². The highest BCUT2D eigenvalue weighted by Crippen LogP contribution is 2.29. The van der Waals surface area contributed by atoms with Crippen LogP contribution in [0.2, 0.25) is 19.1 Å². The molecule has 56 valence electrons. The average molecular weight is 183 g/mol. The molecule has 0 nitrogen and oxygen atoms in total. The lowest BCUT2D eigenvalue weighted by Crippen LogP contribution is -2.16. The lowest BCUT2D eigenvalue weighted by atomic mass is 11.0. The van der Waals surface area contributed by atoms with Crippen molar-refractivity contribution in [2.24, 2.45) is 0 Å². The van der Waals surface area contributed by atoms with Gasteiger partial charge in [-0.3, -0.25) is 0 Å². The average Bonchev–Trinajstić information content (AvgIpc) is 1.59. The van der Waals surface area contributed by atoms with Gasteiger partial charge in [0, 0.05) is 0 Å². The quantitative estimate of drug-likeness (QED) is 0.357. The summed E-state index contributed by atoms with van der Waals surface area (Å²) in [4.78, 5) is 0. The summed E-state index contributed by atoms with van der Waals surface area (Å²) in [6.45, 7) is 9.06. The number of hydrogen-bond donors (Lipinski definition) is 0. The summed E-state index contributed by atoms with van der Waals surface area (Å²) in [5, 5.41) is 0. The van der Waals surface area contributed by atoms with Gasteiger partial charge in [0.05, 0.1) is 0 Å². The maximum Gasteiger partial charge on any atom is 0.150 e. The van der Waals surface area contributed by atoms with Crippen LogP contribution >= 0.6 is 19.0 Å². The third-order valence-electron chi connectivity index (χ3n) is 1.15. The van der Waals surface area contributed by atoms with E-state index in [1.54, 1.807) is 0 Å². The van der Waals surface area contributed by atoms with Crippen molar-refractivity contribution in [3.63, 3.8) is 0 Å². The smallest absolute Gasteiger partial charge is 0.150 e. The Morgan fingerprint density at radius 1 is 1.33 bits per heavy atom. The molecule has 0 aliphatic carbocycles. The molecule has 9 heavy (non-hydrogen) atoms. The standard InChI is InChI=1S/C6H16ClPSi/c1-8(2)5-6-9(3,4)7/h5-6H2,1-4H3. The first-order valence-corrected chi connectivity index (χ1v) is 9.89. The number of hydrogen-bond acceptors (Lipinski definition) is 0. The molecule has 0 N–H and O–H groups in total.